The van der Waals surface area contributed by atoms with Crippen molar-refractivity contribution in [3.63, 3.8) is 0 Å². The highest BCUT2D eigenvalue weighted by Crippen LogP contribution is 2.31. The molecule has 622 valence electrons. The summed E-state index contributed by atoms with van der Waals surface area (Å²) in [6.07, 6.45) is 6.41. The van der Waals surface area contributed by atoms with Gasteiger partial charge in [-0.15, -0.1) is 0 Å². The van der Waals surface area contributed by atoms with E-state index in [2.05, 4.69) is 116 Å². The lowest BCUT2D eigenvalue weighted by atomic mass is 10.00. The molecule has 0 spiro atoms. The fourth-order valence-electron chi connectivity index (χ4n) is 13.5. The molecule has 0 fully saturated rings. The maximum Gasteiger partial charge on any atom is 0.294 e. The van der Waals surface area contributed by atoms with E-state index in [1.54, 1.807) is 113 Å². The summed E-state index contributed by atoms with van der Waals surface area (Å²) in [6, 6.07) is 29.5. The highest BCUT2D eigenvalue weighted by Gasteiger charge is 2.31. The molecule has 5 amide bonds. The maximum atomic E-state index is 13.1. The van der Waals surface area contributed by atoms with Gasteiger partial charge in [0.2, 0.25) is 59.6 Å². The number of ether oxygens (including phenoxy) is 4. The van der Waals surface area contributed by atoms with Gasteiger partial charge in [-0.2, -0.15) is 12.9 Å². The van der Waals surface area contributed by atoms with Crippen molar-refractivity contribution in [1.29, 1.82) is 0 Å². The zero-order chi connectivity index (χ0) is 82.9. The smallest absolute Gasteiger partial charge is 0.294 e. The number of carbonyl (C=O) groups excluding carboxylic acids is 6. The molecule has 0 aromatic heterocycles. The molecule has 0 bridgehead atoms. The predicted octanol–water partition coefficient (Wildman–Crippen LogP) is 5.73. The Morgan fingerprint density at radius 3 is 0.956 bits per heavy atom. The minimum absolute atomic E-state index is 0. The van der Waals surface area contributed by atoms with E-state index in [4.69, 9.17) is 14.2 Å². The van der Waals surface area contributed by atoms with Gasteiger partial charge in [0.1, 0.15) is 17.2 Å². The molecule has 31 heteroatoms. The summed E-state index contributed by atoms with van der Waals surface area (Å²) in [6.45, 7) is 16.7. The SMILES string of the molecule is C.CNCc1ccc2c(c1)CCN(C)CC2.COc1cc(C)c(S(=O)(=O)N(C)CC(=O)NCC(=O)N(C)Cc2ccc3c(c2)CCN(C)CC3)c(C)c1.COc1cc(C)c(S(=O)(=O)N(C)CC(=O)NCC(=O)N(C)Cc2ccc3c(c2)CCN(C)CC3)c(C)c1.COc1cc(C)c(S(=O)(=O)N(C)CC(=O)NCOC=O)c(C)c1. The fourth-order valence-corrected chi connectivity index (χ4v) is 18.1. The summed E-state index contributed by atoms with van der Waals surface area (Å²) in [4.78, 5) is 82.5. The van der Waals surface area contributed by atoms with Gasteiger partial charge in [0.25, 0.3) is 6.47 Å². The van der Waals surface area contributed by atoms with Crippen LogP contribution in [0.3, 0.4) is 0 Å². The molecule has 113 heavy (non-hydrogen) atoms. The fraction of sp³-hybridized carbons (Fsp3) is 0.488. The Morgan fingerprint density at radius 1 is 0.416 bits per heavy atom. The summed E-state index contributed by atoms with van der Waals surface area (Å²) in [5, 5.41) is 10.6. The van der Waals surface area contributed by atoms with Crippen LogP contribution in [0.2, 0.25) is 0 Å². The second-order valence-corrected chi connectivity index (χ2v) is 34.8. The number of carbonyl (C=O) groups is 6. The lowest BCUT2D eigenvalue weighted by Crippen LogP contribution is -2.43. The van der Waals surface area contributed by atoms with Gasteiger partial charge in [0, 0.05) is 94.1 Å². The first kappa shape index (κ1) is 94.7. The Labute approximate surface area is 670 Å². The maximum absolute atomic E-state index is 13.1. The third-order valence-corrected chi connectivity index (χ3v) is 26.2. The van der Waals surface area contributed by atoms with Crippen molar-refractivity contribution in [2.24, 2.45) is 0 Å². The lowest BCUT2D eigenvalue weighted by molar-refractivity contribution is -0.132. The first-order chi connectivity index (χ1) is 52.9. The zero-order valence-electron chi connectivity index (χ0n) is 68.4. The quantitative estimate of drug-likeness (QED) is 0.0259. The van der Waals surface area contributed by atoms with Gasteiger partial charge in [-0.05, 0) is 228 Å². The summed E-state index contributed by atoms with van der Waals surface area (Å²) in [7, 11) is 8.72. The van der Waals surface area contributed by atoms with Gasteiger partial charge in [0.05, 0.1) is 68.7 Å². The molecule has 4 N–H and O–H groups in total. The van der Waals surface area contributed by atoms with Crippen molar-refractivity contribution >= 4 is 66.1 Å². The van der Waals surface area contributed by atoms with Gasteiger partial charge in [0.15, 0.2) is 6.73 Å². The Morgan fingerprint density at radius 2 is 0.681 bits per heavy atom. The number of benzene rings is 6. The molecule has 28 nitrogen and oxygen atoms in total. The summed E-state index contributed by atoms with van der Waals surface area (Å²) in [5.41, 5.74) is 15.1. The number of likely N-dealkylation sites (N-methyl/N-ethyl adjacent to an activating group) is 8. The highest BCUT2D eigenvalue weighted by molar-refractivity contribution is 7.89. The van der Waals surface area contributed by atoms with Crippen LogP contribution in [0.1, 0.15) is 90.9 Å². The van der Waals surface area contributed by atoms with E-state index in [-0.39, 0.29) is 60.2 Å². The number of amides is 5. The van der Waals surface area contributed by atoms with E-state index >= 15 is 0 Å². The molecule has 0 radical (unpaired) electrons. The van der Waals surface area contributed by atoms with Crippen molar-refractivity contribution in [1.82, 2.24) is 58.7 Å². The Balaban J connectivity index is 0.000000282. The number of nitrogens with zero attached hydrogens (tertiary/aromatic N) is 8. The van der Waals surface area contributed by atoms with Crippen LogP contribution in [-0.4, -0.2) is 262 Å². The molecule has 0 saturated heterocycles. The van der Waals surface area contributed by atoms with Gasteiger partial charge in [-0.1, -0.05) is 62.0 Å². The number of hydrogen-bond acceptors (Lipinski definition) is 20. The molecular weight excluding hydrogens is 1510 g/mol. The molecule has 9 rings (SSSR count). The Hall–Kier alpha value is -8.89. The van der Waals surface area contributed by atoms with Gasteiger partial charge >= 0.3 is 0 Å². The number of hydrogen-bond donors (Lipinski definition) is 4. The predicted molar refractivity (Wildman–Crippen MR) is 440 cm³/mol. The molecule has 0 atom stereocenters. The molecule has 0 unspecified atom stereocenters. The lowest BCUT2D eigenvalue weighted by Gasteiger charge is -2.21. The first-order valence-electron chi connectivity index (χ1n) is 37.1. The minimum atomic E-state index is -3.91. The Bertz CT molecular complexity index is 4380. The van der Waals surface area contributed by atoms with Crippen LogP contribution in [-0.2, 0) is 122 Å². The van der Waals surface area contributed by atoms with Gasteiger partial charge in [-0.3, -0.25) is 28.8 Å². The Kier molecular flexibility index (Phi) is 37.0. The largest absolute Gasteiger partial charge is 0.497 e. The molecule has 6 aromatic carbocycles. The number of nitrogens with one attached hydrogen (secondary N) is 4. The summed E-state index contributed by atoms with van der Waals surface area (Å²) < 4.78 is 101. The topological polar surface area (TPSA) is 316 Å². The van der Waals surface area contributed by atoms with E-state index in [0.29, 0.717) is 63.7 Å². The normalized spacial score (nSPS) is 13.8. The third kappa shape index (κ3) is 27.4. The zero-order valence-corrected chi connectivity index (χ0v) is 70.9. The van der Waals surface area contributed by atoms with Crippen molar-refractivity contribution in [2.45, 2.75) is 122 Å². The van der Waals surface area contributed by atoms with E-state index in [9.17, 15) is 54.0 Å². The summed E-state index contributed by atoms with van der Waals surface area (Å²) in [5.74, 6) is -0.500. The monoisotopic (exact) mass is 1620 g/mol. The van der Waals surface area contributed by atoms with Crippen molar-refractivity contribution in [3.8, 4) is 17.2 Å². The average molecular weight is 1630 g/mol. The average Bonchev–Trinajstić information content (AvgIpc) is 1.41. The number of fused-ring (bicyclic) bond motifs is 3. The molecule has 0 aliphatic carbocycles. The van der Waals surface area contributed by atoms with E-state index in [1.165, 1.54) is 96.2 Å². The summed E-state index contributed by atoms with van der Waals surface area (Å²) >= 11 is 0. The van der Waals surface area contributed by atoms with Crippen molar-refractivity contribution in [2.75, 3.05) is 163 Å². The van der Waals surface area contributed by atoms with Crippen LogP contribution in [0.5, 0.6) is 17.2 Å². The van der Waals surface area contributed by atoms with Crippen LogP contribution in [0.25, 0.3) is 0 Å². The second-order valence-electron chi connectivity index (χ2n) is 28.9. The van der Waals surface area contributed by atoms with Crippen LogP contribution < -0.4 is 35.5 Å². The number of rotatable bonds is 28. The molecule has 3 aliphatic rings. The number of methoxy groups -OCH3 is 3. The van der Waals surface area contributed by atoms with Gasteiger partial charge < -0.3 is 64.7 Å². The van der Waals surface area contributed by atoms with Crippen LogP contribution in [0.4, 0.5) is 0 Å². The van der Waals surface area contributed by atoms with Crippen molar-refractivity contribution in [3.05, 3.63) is 174 Å². The van der Waals surface area contributed by atoms with Crippen LogP contribution in [0, 0.1) is 41.5 Å². The van der Waals surface area contributed by atoms with Crippen molar-refractivity contribution < 1.29 is 73.0 Å². The van der Waals surface area contributed by atoms with Crippen LogP contribution in [0.15, 0.2) is 106 Å². The standard InChI is InChI=1S/2C27H38N4O5S.C14H20N2O6S.C13H20N2.CH4/c2*1-19-13-24(36-6)14-20(2)27(19)37(34,35)31(5)18-25(32)28-16-26(33)30(4)17-21-7-8-22-9-11-29(3)12-10-23(22)15-21;1-10-5-12(21-4)6-11(2)14(10)23(19,20)16(3)7-13(18)15-8-22-9-17;1-14-10-11-3-4-12-5-7-15(2)8-6-13(12)9-11;/h2*7-8,13-15H,9-12,16-18H2,1-6H3,(H,28,32);5-6,9H,7-8H2,1-4H3,(H,15,18);3-4,9,14H,5-8,10H2,1-2H3;1H4. The first-order valence-corrected chi connectivity index (χ1v) is 41.4. The highest BCUT2D eigenvalue weighted by atomic mass is 32.2. The molecular formula is C82H120N12O16S3. The molecule has 0 saturated carbocycles. The third-order valence-electron chi connectivity index (χ3n) is 19.9. The minimum Gasteiger partial charge on any atom is -0.497 e. The molecule has 6 aromatic rings. The molecule has 3 heterocycles. The van der Waals surface area contributed by atoms with Crippen LogP contribution >= 0.6 is 0 Å². The number of aryl methyl sites for hydroxylation is 6. The second kappa shape index (κ2) is 44.1. The van der Waals surface area contributed by atoms with E-state index in [0.717, 1.165) is 82.4 Å². The molecule has 3 aliphatic heterocycles. The number of sulfonamides is 3. The van der Waals surface area contributed by atoms with E-state index < -0.39 is 67.4 Å². The van der Waals surface area contributed by atoms with E-state index in [1.807, 2.05) is 7.05 Å². The van der Waals surface area contributed by atoms with Gasteiger partial charge in [-0.25, -0.2) is 25.3 Å².